The van der Waals surface area contributed by atoms with Gasteiger partial charge in [0.1, 0.15) is 0 Å². The van der Waals surface area contributed by atoms with Crippen LogP contribution in [-0.4, -0.2) is 19.6 Å². The van der Waals surface area contributed by atoms with Gasteiger partial charge in [-0.25, -0.2) is 0 Å². The third-order valence-electron chi connectivity index (χ3n) is 1.95. The molecule has 0 saturated carbocycles. The maximum Gasteiger partial charge on any atom is 0.0407 e. The summed E-state index contributed by atoms with van der Waals surface area (Å²) in [5.41, 5.74) is 1.13. The molecule has 0 bridgehead atoms. The Hall–Kier alpha value is -0.730. The van der Waals surface area contributed by atoms with E-state index in [9.17, 15) is 0 Å². The van der Waals surface area contributed by atoms with Crippen LogP contribution >= 0.6 is 11.6 Å². The zero-order chi connectivity index (χ0) is 10.2. The maximum atomic E-state index is 5.78. The minimum Gasteiger partial charge on any atom is -0.385 e. The predicted octanol–water partition coefficient (Wildman–Crippen LogP) is 2.75. The summed E-state index contributed by atoms with van der Waals surface area (Å²) in [7, 11) is 0. The third-order valence-corrected chi connectivity index (χ3v) is 2.21. The second kappa shape index (κ2) is 6.68. The Morgan fingerprint density at radius 2 is 1.86 bits per heavy atom. The summed E-state index contributed by atoms with van der Waals surface area (Å²) in [5, 5.41) is 7.40. The van der Waals surface area contributed by atoms with Crippen LogP contribution in [-0.2, 0) is 0 Å². The van der Waals surface area contributed by atoms with Gasteiger partial charge in [-0.2, -0.15) is 0 Å². The summed E-state index contributed by atoms with van der Waals surface area (Å²) in [6.07, 6.45) is 1.14. The molecule has 14 heavy (non-hydrogen) atoms. The first-order valence-electron chi connectivity index (χ1n) is 5.03. The van der Waals surface area contributed by atoms with E-state index in [4.69, 9.17) is 11.6 Å². The van der Waals surface area contributed by atoms with Gasteiger partial charge in [0.15, 0.2) is 0 Å². The van der Waals surface area contributed by atoms with Crippen LogP contribution in [0.4, 0.5) is 5.69 Å². The Labute approximate surface area is 90.7 Å². The average Bonchev–Trinajstić information content (AvgIpc) is 2.21. The molecule has 0 aromatic heterocycles. The molecular weight excluding hydrogens is 196 g/mol. The highest BCUT2D eigenvalue weighted by atomic mass is 35.5. The number of hydrogen-bond acceptors (Lipinski definition) is 2. The van der Waals surface area contributed by atoms with Crippen LogP contribution in [0.1, 0.15) is 13.3 Å². The lowest BCUT2D eigenvalue weighted by molar-refractivity contribution is 0.689. The molecule has 3 heteroatoms. The second-order valence-electron chi connectivity index (χ2n) is 3.14. The van der Waals surface area contributed by atoms with Crippen LogP contribution in [0.5, 0.6) is 0 Å². The van der Waals surface area contributed by atoms with E-state index >= 15 is 0 Å². The molecular formula is C11H17ClN2. The van der Waals surface area contributed by atoms with Crippen LogP contribution in [0.15, 0.2) is 24.3 Å². The van der Waals surface area contributed by atoms with Crippen LogP contribution in [0.3, 0.4) is 0 Å². The quantitative estimate of drug-likeness (QED) is 0.709. The number of halogens is 1. The highest BCUT2D eigenvalue weighted by molar-refractivity contribution is 6.30. The molecule has 1 rings (SSSR count). The smallest absolute Gasteiger partial charge is 0.0407 e. The van der Waals surface area contributed by atoms with E-state index < -0.39 is 0 Å². The monoisotopic (exact) mass is 212 g/mol. The van der Waals surface area contributed by atoms with Gasteiger partial charge in [-0.3, -0.25) is 0 Å². The Kier molecular flexibility index (Phi) is 5.42. The summed E-state index contributed by atoms with van der Waals surface area (Å²) in [5.74, 6) is 0. The average molecular weight is 213 g/mol. The van der Waals surface area contributed by atoms with Gasteiger partial charge >= 0.3 is 0 Å². The molecule has 0 amide bonds. The fourth-order valence-corrected chi connectivity index (χ4v) is 1.32. The van der Waals surface area contributed by atoms with Gasteiger partial charge in [0.25, 0.3) is 0 Å². The molecule has 0 fully saturated rings. The summed E-state index contributed by atoms with van der Waals surface area (Å²) in [6.45, 7) is 5.22. The normalized spacial score (nSPS) is 10.1. The van der Waals surface area contributed by atoms with Gasteiger partial charge in [0, 0.05) is 17.3 Å². The molecule has 0 spiro atoms. The Bertz CT molecular complexity index is 246. The highest BCUT2D eigenvalue weighted by Crippen LogP contribution is 2.12. The van der Waals surface area contributed by atoms with Gasteiger partial charge < -0.3 is 10.6 Å². The van der Waals surface area contributed by atoms with Crippen molar-refractivity contribution in [2.75, 3.05) is 25.0 Å². The molecule has 2 N–H and O–H groups in total. The number of hydrogen-bond donors (Lipinski definition) is 2. The standard InChI is InChI=1S/C11H17ClN2/c1-2-13-8-3-9-14-11-6-4-10(12)5-7-11/h4-7,13-14H,2-3,8-9H2,1H3. The minimum absolute atomic E-state index is 0.781. The van der Waals surface area contributed by atoms with Crippen molar-refractivity contribution in [3.05, 3.63) is 29.3 Å². The van der Waals surface area contributed by atoms with Gasteiger partial charge in [0.2, 0.25) is 0 Å². The number of benzene rings is 1. The highest BCUT2D eigenvalue weighted by Gasteiger charge is 1.91. The molecule has 0 aliphatic rings. The van der Waals surface area contributed by atoms with Crippen molar-refractivity contribution >= 4 is 17.3 Å². The van der Waals surface area contributed by atoms with Crippen molar-refractivity contribution in [1.82, 2.24) is 5.32 Å². The third kappa shape index (κ3) is 4.49. The zero-order valence-electron chi connectivity index (χ0n) is 8.52. The largest absolute Gasteiger partial charge is 0.385 e. The van der Waals surface area contributed by atoms with E-state index in [0.717, 1.165) is 36.8 Å². The first-order chi connectivity index (χ1) is 6.83. The van der Waals surface area contributed by atoms with Crippen molar-refractivity contribution < 1.29 is 0 Å². The van der Waals surface area contributed by atoms with E-state index in [1.165, 1.54) is 0 Å². The zero-order valence-corrected chi connectivity index (χ0v) is 9.27. The Balaban J connectivity index is 2.15. The molecule has 0 unspecified atom stereocenters. The molecule has 1 aromatic rings. The fraction of sp³-hybridized carbons (Fsp3) is 0.455. The number of nitrogens with one attached hydrogen (secondary N) is 2. The molecule has 0 saturated heterocycles. The van der Waals surface area contributed by atoms with E-state index in [1.54, 1.807) is 0 Å². The van der Waals surface area contributed by atoms with E-state index in [0.29, 0.717) is 0 Å². The van der Waals surface area contributed by atoms with Crippen LogP contribution in [0.2, 0.25) is 5.02 Å². The summed E-state index contributed by atoms with van der Waals surface area (Å²) >= 11 is 5.78. The SMILES string of the molecule is CCNCCCNc1ccc(Cl)cc1. The van der Waals surface area contributed by atoms with Crippen molar-refractivity contribution in [2.24, 2.45) is 0 Å². The van der Waals surface area contributed by atoms with Crippen molar-refractivity contribution in [2.45, 2.75) is 13.3 Å². The van der Waals surface area contributed by atoms with Crippen molar-refractivity contribution in [3.63, 3.8) is 0 Å². The topological polar surface area (TPSA) is 24.1 Å². The lowest BCUT2D eigenvalue weighted by Crippen LogP contribution is -2.17. The van der Waals surface area contributed by atoms with E-state index in [2.05, 4.69) is 17.6 Å². The molecule has 2 nitrogen and oxygen atoms in total. The second-order valence-corrected chi connectivity index (χ2v) is 3.58. The van der Waals surface area contributed by atoms with Crippen LogP contribution in [0.25, 0.3) is 0 Å². The summed E-state index contributed by atoms with van der Waals surface area (Å²) < 4.78 is 0. The van der Waals surface area contributed by atoms with Crippen LogP contribution < -0.4 is 10.6 Å². The molecule has 0 heterocycles. The number of rotatable bonds is 6. The summed E-state index contributed by atoms with van der Waals surface area (Å²) in [6, 6.07) is 7.79. The molecule has 0 radical (unpaired) electrons. The van der Waals surface area contributed by atoms with Gasteiger partial charge in [-0.15, -0.1) is 0 Å². The van der Waals surface area contributed by atoms with Crippen molar-refractivity contribution in [3.8, 4) is 0 Å². The lowest BCUT2D eigenvalue weighted by Gasteiger charge is -2.06. The molecule has 0 aliphatic carbocycles. The van der Waals surface area contributed by atoms with Gasteiger partial charge in [-0.05, 0) is 43.8 Å². The molecule has 0 atom stereocenters. The minimum atomic E-state index is 0.781. The molecule has 0 aliphatic heterocycles. The Morgan fingerprint density at radius 1 is 1.14 bits per heavy atom. The van der Waals surface area contributed by atoms with Crippen LogP contribution in [0, 0.1) is 0 Å². The van der Waals surface area contributed by atoms with E-state index in [1.807, 2.05) is 24.3 Å². The maximum absolute atomic E-state index is 5.78. The first kappa shape index (κ1) is 11.3. The summed E-state index contributed by atoms with van der Waals surface area (Å²) in [4.78, 5) is 0. The molecule has 1 aromatic carbocycles. The van der Waals surface area contributed by atoms with E-state index in [-0.39, 0.29) is 0 Å². The molecule has 78 valence electrons. The lowest BCUT2D eigenvalue weighted by atomic mass is 10.3. The predicted molar refractivity (Wildman–Crippen MR) is 63.1 cm³/mol. The Morgan fingerprint density at radius 3 is 2.50 bits per heavy atom. The number of anilines is 1. The first-order valence-corrected chi connectivity index (χ1v) is 5.41. The fourth-order valence-electron chi connectivity index (χ4n) is 1.19. The van der Waals surface area contributed by atoms with Crippen molar-refractivity contribution in [1.29, 1.82) is 0 Å². The van der Waals surface area contributed by atoms with Gasteiger partial charge in [0.05, 0.1) is 0 Å². The van der Waals surface area contributed by atoms with Gasteiger partial charge in [-0.1, -0.05) is 18.5 Å².